The smallest absolute Gasteiger partial charge is 0.208 e. The monoisotopic (exact) mass is 244 g/mol. The molecule has 0 amide bonds. The van der Waals surface area contributed by atoms with Gasteiger partial charge in [-0.05, 0) is 35.9 Å². The van der Waals surface area contributed by atoms with E-state index in [0.717, 1.165) is 21.2 Å². The summed E-state index contributed by atoms with van der Waals surface area (Å²) >= 11 is 1.52. The molecule has 2 heterocycles. The number of aliphatic hydroxyl groups is 1. The van der Waals surface area contributed by atoms with Crippen LogP contribution in [0.25, 0.3) is 4.91 Å². The summed E-state index contributed by atoms with van der Waals surface area (Å²) in [7, 11) is 0. The summed E-state index contributed by atoms with van der Waals surface area (Å²) in [4.78, 5) is 6.99. The minimum absolute atomic E-state index is 0.312. The molecule has 0 saturated heterocycles. The Morgan fingerprint density at radius 1 is 1.35 bits per heavy atom. The maximum Gasteiger partial charge on any atom is 0.208 e. The number of nitrogens with zero attached hydrogens (tertiary/aromatic N) is 2. The molecule has 2 aliphatic heterocycles. The van der Waals surface area contributed by atoms with Crippen molar-refractivity contribution in [3.63, 3.8) is 0 Å². The molecule has 0 saturated carbocycles. The molecule has 4 heteroatoms. The molecule has 0 unspecified atom stereocenters. The molecule has 1 N–H and O–H groups in total. The molecule has 2 aliphatic rings. The predicted octanol–water partition coefficient (Wildman–Crippen LogP) is 3.11. The fraction of sp³-hybridized carbons (Fsp3) is 0.154. The molecular weight excluding hydrogens is 232 g/mol. The van der Waals surface area contributed by atoms with Gasteiger partial charge in [0.15, 0.2) is 5.17 Å². The number of fused-ring (bicyclic) bond motifs is 1. The van der Waals surface area contributed by atoms with Gasteiger partial charge >= 0.3 is 0 Å². The Morgan fingerprint density at radius 2 is 2.18 bits per heavy atom. The van der Waals surface area contributed by atoms with Crippen molar-refractivity contribution in [1.29, 1.82) is 0 Å². The minimum atomic E-state index is 0.312. The molecule has 0 bridgehead atoms. The van der Waals surface area contributed by atoms with Crippen LogP contribution in [0.1, 0.15) is 11.1 Å². The van der Waals surface area contributed by atoms with Gasteiger partial charge in [-0.25, -0.2) is 4.99 Å². The number of aliphatic hydroxyl groups excluding tert-OH is 1. The van der Waals surface area contributed by atoms with E-state index in [-0.39, 0.29) is 0 Å². The predicted molar refractivity (Wildman–Crippen MR) is 71.6 cm³/mol. The Labute approximate surface area is 104 Å². The van der Waals surface area contributed by atoms with E-state index in [1.54, 1.807) is 6.20 Å². The SMILES string of the molecule is Cc1ccccc1C1=C(O)N2CC=CN=C2S1. The molecule has 0 radical (unpaired) electrons. The Balaban J connectivity index is 2.06. The number of aryl methyl sites for hydroxylation is 1. The summed E-state index contributed by atoms with van der Waals surface area (Å²) in [5.41, 5.74) is 2.24. The summed E-state index contributed by atoms with van der Waals surface area (Å²) in [6, 6.07) is 8.07. The molecule has 3 rings (SSSR count). The Hall–Kier alpha value is -1.68. The van der Waals surface area contributed by atoms with Gasteiger partial charge in [-0.15, -0.1) is 0 Å². The van der Waals surface area contributed by atoms with Gasteiger partial charge in [-0.1, -0.05) is 24.3 Å². The van der Waals surface area contributed by atoms with Gasteiger partial charge in [0.2, 0.25) is 5.88 Å². The number of thioether (sulfide) groups is 1. The Kier molecular flexibility index (Phi) is 2.44. The van der Waals surface area contributed by atoms with Crippen LogP contribution in [0.3, 0.4) is 0 Å². The first-order chi connectivity index (χ1) is 8.27. The highest BCUT2D eigenvalue weighted by Gasteiger charge is 2.30. The fourth-order valence-electron chi connectivity index (χ4n) is 1.94. The quantitative estimate of drug-likeness (QED) is 0.824. The number of amidine groups is 1. The first-order valence-corrected chi connectivity index (χ1v) is 6.26. The average Bonchev–Trinajstić information content (AvgIpc) is 2.68. The summed E-state index contributed by atoms with van der Waals surface area (Å²) in [5, 5.41) is 11.1. The van der Waals surface area contributed by atoms with Crippen LogP contribution in [0.15, 0.2) is 47.4 Å². The van der Waals surface area contributed by atoms with Gasteiger partial charge in [-0.2, -0.15) is 0 Å². The van der Waals surface area contributed by atoms with Crippen LogP contribution < -0.4 is 0 Å². The van der Waals surface area contributed by atoms with E-state index in [9.17, 15) is 5.11 Å². The number of aliphatic imine (C=N–C) groups is 1. The van der Waals surface area contributed by atoms with Crippen molar-refractivity contribution in [2.75, 3.05) is 6.54 Å². The lowest BCUT2D eigenvalue weighted by molar-refractivity contribution is 0.296. The molecule has 1 aromatic rings. The van der Waals surface area contributed by atoms with E-state index in [2.05, 4.69) is 4.99 Å². The van der Waals surface area contributed by atoms with Crippen molar-refractivity contribution in [1.82, 2.24) is 4.90 Å². The van der Waals surface area contributed by atoms with Crippen LogP contribution in [-0.2, 0) is 0 Å². The standard InChI is InChI=1S/C13H12N2OS/c1-9-5-2-3-6-10(9)11-12(16)15-8-4-7-14-13(15)17-11/h2-7,16H,8H2,1H3. The highest BCUT2D eigenvalue weighted by atomic mass is 32.2. The van der Waals surface area contributed by atoms with Crippen molar-refractivity contribution >= 4 is 21.8 Å². The zero-order valence-corrected chi connectivity index (χ0v) is 10.2. The number of rotatable bonds is 1. The summed E-state index contributed by atoms with van der Waals surface area (Å²) in [5.74, 6) is 0.312. The normalized spacial score (nSPS) is 18.4. The summed E-state index contributed by atoms with van der Waals surface area (Å²) < 4.78 is 0. The van der Waals surface area contributed by atoms with Crippen molar-refractivity contribution in [2.24, 2.45) is 4.99 Å². The average molecular weight is 244 g/mol. The van der Waals surface area contributed by atoms with Gasteiger partial charge in [-0.3, -0.25) is 4.90 Å². The molecule has 0 aliphatic carbocycles. The molecule has 0 spiro atoms. The summed E-state index contributed by atoms with van der Waals surface area (Å²) in [6.45, 7) is 2.74. The first-order valence-electron chi connectivity index (χ1n) is 5.45. The van der Waals surface area contributed by atoms with E-state index < -0.39 is 0 Å². The van der Waals surface area contributed by atoms with Gasteiger partial charge in [0, 0.05) is 12.7 Å². The van der Waals surface area contributed by atoms with Gasteiger partial charge in [0.25, 0.3) is 0 Å². The lowest BCUT2D eigenvalue weighted by Crippen LogP contribution is -2.25. The maximum atomic E-state index is 10.2. The van der Waals surface area contributed by atoms with Crippen molar-refractivity contribution in [2.45, 2.75) is 6.92 Å². The molecule has 3 nitrogen and oxygen atoms in total. The number of hydrogen-bond acceptors (Lipinski definition) is 4. The van der Waals surface area contributed by atoms with E-state index in [1.165, 1.54) is 11.8 Å². The first kappa shape index (κ1) is 10.5. The van der Waals surface area contributed by atoms with Crippen LogP contribution in [0, 0.1) is 6.92 Å². The fourth-order valence-corrected chi connectivity index (χ4v) is 3.05. The van der Waals surface area contributed by atoms with Gasteiger partial charge in [0.1, 0.15) is 0 Å². The second-order valence-electron chi connectivity index (χ2n) is 3.98. The number of hydrogen-bond donors (Lipinski definition) is 1. The lowest BCUT2D eigenvalue weighted by atomic mass is 10.1. The van der Waals surface area contributed by atoms with E-state index in [1.807, 2.05) is 42.2 Å². The zero-order valence-electron chi connectivity index (χ0n) is 9.42. The van der Waals surface area contributed by atoms with Crippen molar-refractivity contribution < 1.29 is 5.11 Å². The van der Waals surface area contributed by atoms with E-state index in [0.29, 0.717) is 12.4 Å². The maximum absolute atomic E-state index is 10.2. The third-order valence-corrected chi connectivity index (χ3v) is 3.97. The van der Waals surface area contributed by atoms with E-state index >= 15 is 0 Å². The molecule has 86 valence electrons. The minimum Gasteiger partial charge on any atom is -0.494 e. The summed E-state index contributed by atoms with van der Waals surface area (Å²) in [6.07, 6.45) is 3.72. The third kappa shape index (κ3) is 1.65. The zero-order chi connectivity index (χ0) is 11.8. The van der Waals surface area contributed by atoms with E-state index in [4.69, 9.17) is 0 Å². The molecule has 1 aromatic carbocycles. The molecule has 0 fully saturated rings. The highest BCUT2D eigenvalue weighted by molar-refractivity contribution is 8.22. The highest BCUT2D eigenvalue weighted by Crippen LogP contribution is 2.41. The Morgan fingerprint density at radius 3 is 2.94 bits per heavy atom. The van der Waals surface area contributed by atoms with Crippen molar-refractivity contribution in [3.8, 4) is 0 Å². The molecule has 0 aromatic heterocycles. The largest absolute Gasteiger partial charge is 0.494 e. The molecule has 0 atom stereocenters. The second kappa shape index (κ2) is 3.96. The van der Waals surface area contributed by atoms with Crippen LogP contribution in [0.5, 0.6) is 0 Å². The van der Waals surface area contributed by atoms with Crippen LogP contribution in [-0.4, -0.2) is 21.7 Å². The van der Waals surface area contributed by atoms with Crippen LogP contribution in [0.4, 0.5) is 0 Å². The third-order valence-electron chi connectivity index (χ3n) is 2.85. The van der Waals surface area contributed by atoms with Crippen LogP contribution in [0.2, 0.25) is 0 Å². The number of benzene rings is 1. The Bertz CT molecular complexity index is 560. The topological polar surface area (TPSA) is 35.8 Å². The van der Waals surface area contributed by atoms with Gasteiger partial charge in [0.05, 0.1) is 4.91 Å². The molecular formula is C13H12N2OS. The van der Waals surface area contributed by atoms with Crippen LogP contribution >= 0.6 is 11.8 Å². The second-order valence-corrected chi connectivity index (χ2v) is 4.95. The lowest BCUT2D eigenvalue weighted by Gasteiger charge is -2.17. The van der Waals surface area contributed by atoms with Crippen molar-refractivity contribution in [3.05, 3.63) is 53.6 Å². The molecule has 17 heavy (non-hydrogen) atoms. The van der Waals surface area contributed by atoms with Gasteiger partial charge < -0.3 is 5.11 Å².